The third kappa shape index (κ3) is 12.5. The van der Waals surface area contributed by atoms with Crippen molar-refractivity contribution in [3.8, 4) is 0 Å². The number of allylic oxidation sites excluding steroid dienone is 1. The van der Waals surface area contributed by atoms with E-state index < -0.39 is 14.1 Å². The summed E-state index contributed by atoms with van der Waals surface area (Å²) >= 11 is -0.589. The normalized spacial score (nSPS) is 11.9. The highest BCUT2D eigenvalue weighted by Crippen LogP contribution is 2.16. The maximum Gasteiger partial charge on any atom is 0.294 e. The van der Waals surface area contributed by atoms with Gasteiger partial charge in [0.2, 0.25) is 0 Å². The molecule has 0 aromatic carbocycles. The second-order valence-corrected chi connectivity index (χ2v) is 9.14. The van der Waals surface area contributed by atoms with Gasteiger partial charge >= 0.3 is 0 Å². The van der Waals surface area contributed by atoms with E-state index in [1.54, 1.807) is 0 Å². The van der Waals surface area contributed by atoms with E-state index in [4.69, 9.17) is 0 Å². The quantitative estimate of drug-likeness (QED) is 0.337. The van der Waals surface area contributed by atoms with E-state index in [1.165, 1.54) is 42.7 Å². The van der Waals surface area contributed by atoms with Gasteiger partial charge in [-0.3, -0.25) is 0 Å². The van der Waals surface area contributed by atoms with Gasteiger partial charge in [-0.15, -0.1) is 11.0 Å². The number of hydrogen-bond acceptors (Lipinski definition) is 0. The predicted octanol–water partition coefficient (Wildman–Crippen LogP) is 5.86. The second kappa shape index (κ2) is 11.4. The van der Waals surface area contributed by atoms with Crippen LogP contribution in [0.15, 0.2) is 11.0 Å². The van der Waals surface area contributed by atoms with Gasteiger partial charge in [0.25, 0.3) is 14.1 Å². The summed E-state index contributed by atoms with van der Waals surface area (Å²) in [5.74, 6) is 1.77. The van der Waals surface area contributed by atoms with E-state index in [-0.39, 0.29) is 0 Å². The molecule has 0 fully saturated rings. The first-order valence-corrected chi connectivity index (χ1v) is 10.0. The highest BCUT2D eigenvalue weighted by molar-refractivity contribution is 6.64. The van der Waals surface area contributed by atoms with Crippen molar-refractivity contribution in [1.29, 1.82) is 0 Å². The molecule has 0 aliphatic heterocycles. The van der Waals surface area contributed by atoms with Crippen LogP contribution in [0.4, 0.5) is 0 Å². The molecule has 0 spiro atoms. The third-order valence-corrected chi connectivity index (χ3v) is 7.09. The Hall–Kier alpha value is 0.272. The van der Waals surface area contributed by atoms with Crippen molar-refractivity contribution in [2.45, 2.75) is 77.3 Å². The predicted molar refractivity (Wildman–Crippen MR) is 82.9 cm³/mol. The van der Waals surface area contributed by atoms with Crippen LogP contribution in [-0.2, 0) is 0 Å². The summed E-state index contributed by atoms with van der Waals surface area (Å²) in [5, 5.41) is 2.98. The van der Waals surface area contributed by atoms with Crippen LogP contribution in [-0.4, -0.2) is 14.1 Å². The Balaban J connectivity index is 3.83. The Bertz CT molecular complexity index is 172. The van der Waals surface area contributed by atoms with Crippen LogP contribution in [0, 0.1) is 11.8 Å². The minimum atomic E-state index is -0.589. The molecule has 0 atom stereocenters. The Morgan fingerprint density at radius 2 is 1.47 bits per heavy atom. The maximum atomic E-state index is 2.63. The van der Waals surface area contributed by atoms with Gasteiger partial charge in [-0.2, -0.15) is 0 Å². The zero-order valence-electron chi connectivity index (χ0n) is 12.8. The Morgan fingerprint density at radius 1 is 0.882 bits per heavy atom. The molecule has 0 radical (unpaired) electrons. The van der Waals surface area contributed by atoms with E-state index >= 15 is 0 Å². The largest absolute Gasteiger partial charge is 0.294 e. The molecule has 0 rings (SSSR count). The van der Waals surface area contributed by atoms with Crippen LogP contribution in [0.5, 0.6) is 0 Å². The number of hydrogen-bond donors (Lipinski definition) is 0. The highest BCUT2D eigenvalue weighted by Gasteiger charge is 2.16. The van der Waals surface area contributed by atoms with Gasteiger partial charge in [0, 0.05) is 0 Å². The summed E-state index contributed by atoms with van der Waals surface area (Å²) in [5.41, 5.74) is 0. The lowest BCUT2D eigenvalue weighted by Gasteiger charge is -2.12. The van der Waals surface area contributed by atoms with Crippen LogP contribution in [0.1, 0.15) is 66.7 Å². The molecule has 0 N–H and O–H groups in total. The minimum absolute atomic E-state index is 0.589. The molecule has 0 heterocycles. The van der Waals surface area contributed by atoms with Crippen molar-refractivity contribution >= 4 is 14.1 Å². The first kappa shape index (κ1) is 17.3. The third-order valence-electron chi connectivity index (χ3n) is 3.18. The van der Waals surface area contributed by atoms with E-state index in [9.17, 15) is 0 Å². The molecular formula is C16H33Al. The van der Waals surface area contributed by atoms with E-state index in [2.05, 4.69) is 45.6 Å². The lowest BCUT2D eigenvalue weighted by molar-refractivity contribution is 0.674. The monoisotopic (exact) mass is 252 g/mol. The fourth-order valence-corrected chi connectivity index (χ4v) is 5.95. The maximum absolute atomic E-state index is 2.63. The smallest absolute Gasteiger partial charge is 0.148 e. The van der Waals surface area contributed by atoms with Crippen molar-refractivity contribution in [1.82, 2.24) is 0 Å². The molecule has 0 bridgehead atoms. The van der Waals surface area contributed by atoms with Crippen molar-refractivity contribution in [2.24, 2.45) is 11.8 Å². The van der Waals surface area contributed by atoms with E-state index in [1.807, 2.05) is 0 Å². The lowest BCUT2D eigenvalue weighted by atomic mass is 10.2. The van der Waals surface area contributed by atoms with Crippen LogP contribution >= 0.6 is 0 Å². The molecule has 0 amide bonds. The molecule has 100 valence electrons. The van der Waals surface area contributed by atoms with Crippen LogP contribution in [0.3, 0.4) is 0 Å². The van der Waals surface area contributed by atoms with Gasteiger partial charge in [0.15, 0.2) is 0 Å². The zero-order valence-corrected chi connectivity index (χ0v) is 14.0. The molecule has 0 saturated heterocycles. The van der Waals surface area contributed by atoms with Crippen molar-refractivity contribution < 1.29 is 0 Å². The molecule has 17 heavy (non-hydrogen) atoms. The van der Waals surface area contributed by atoms with E-state index in [0.29, 0.717) is 0 Å². The first-order chi connectivity index (χ1) is 8.06. The summed E-state index contributed by atoms with van der Waals surface area (Å²) in [6, 6.07) is 0. The molecular weight excluding hydrogens is 219 g/mol. The van der Waals surface area contributed by atoms with Gasteiger partial charge < -0.3 is 0 Å². The van der Waals surface area contributed by atoms with Crippen LogP contribution in [0.25, 0.3) is 0 Å². The zero-order chi connectivity index (χ0) is 13.1. The van der Waals surface area contributed by atoms with Gasteiger partial charge in [0.05, 0.1) is 0 Å². The molecule has 0 aromatic heterocycles. The molecule has 0 unspecified atom stereocenters. The fraction of sp³-hybridized carbons (Fsp3) is 0.875. The lowest BCUT2D eigenvalue weighted by Crippen LogP contribution is -2.15. The van der Waals surface area contributed by atoms with Crippen molar-refractivity contribution in [3.05, 3.63) is 11.0 Å². The molecule has 0 aliphatic rings. The summed E-state index contributed by atoms with van der Waals surface area (Å²) in [4.78, 5) is 2.63. The van der Waals surface area contributed by atoms with Gasteiger partial charge in [0.1, 0.15) is 0 Å². The van der Waals surface area contributed by atoms with Gasteiger partial charge in [-0.25, -0.2) is 0 Å². The molecule has 0 aliphatic carbocycles. The summed E-state index contributed by atoms with van der Waals surface area (Å²) in [7, 11) is 0. The van der Waals surface area contributed by atoms with Crippen LogP contribution in [0.2, 0.25) is 10.6 Å². The molecule has 1 heteroatoms. The molecule has 0 nitrogen and oxygen atoms in total. The summed E-state index contributed by atoms with van der Waals surface area (Å²) < 4.78 is 0. The van der Waals surface area contributed by atoms with E-state index in [0.717, 1.165) is 11.8 Å². The Kier molecular flexibility index (Phi) is 11.6. The second-order valence-electron chi connectivity index (χ2n) is 6.30. The molecule has 0 aromatic rings. The van der Waals surface area contributed by atoms with Crippen LogP contribution < -0.4 is 0 Å². The standard InChI is InChI=1S/C8H15.2C4H9.Al/c1-3-5-7-8-6-4-2;2*1-4(2)3;/h1,3H,4-8H2,2H3;2*4H,1H2,2-3H3;. The topological polar surface area (TPSA) is 0 Å². The first-order valence-electron chi connectivity index (χ1n) is 7.72. The van der Waals surface area contributed by atoms with Gasteiger partial charge in [-0.1, -0.05) is 76.3 Å². The summed E-state index contributed by atoms with van der Waals surface area (Å²) in [6.07, 6.45) is 9.39. The average Bonchev–Trinajstić information content (AvgIpc) is 2.21. The molecule has 0 saturated carbocycles. The van der Waals surface area contributed by atoms with Gasteiger partial charge in [-0.05, 0) is 12.8 Å². The Labute approximate surface area is 114 Å². The minimum Gasteiger partial charge on any atom is -0.148 e. The Morgan fingerprint density at radius 3 is 1.94 bits per heavy atom. The van der Waals surface area contributed by atoms with Crippen molar-refractivity contribution in [3.63, 3.8) is 0 Å². The number of rotatable bonds is 10. The number of unbranched alkanes of at least 4 members (excludes halogenated alkanes) is 4. The highest BCUT2D eigenvalue weighted by atomic mass is 27.2. The SMILES string of the molecule is CCCCCC/C=[CH]/[Al]([CH2]C(C)C)[CH2]C(C)C. The van der Waals surface area contributed by atoms with Crippen molar-refractivity contribution in [2.75, 3.05) is 0 Å². The fourth-order valence-electron chi connectivity index (χ4n) is 2.44. The summed E-state index contributed by atoms with van der Waals surface area (Å²) in [6.45, 7) is 11.8. The average molecular weight is 252 g/mol.